The van der Waals surface area contributed by atoms with Crippen molar-refractivity contribution in [2.75, 3.05) is 6.54 Å². The molecular formula is C12H13BrClN. The zero-order valence-corrected chi connectivity index (χ0v) is 10.8. The van der Waals surface area contributed by atoms with Crippen molar-refractivity contribution in [3.05, 3.63) is 32.8 Å². The predicted octanol–water partition coefficient (Wildman–Crippen LogP) is 3.83. The Morgan fingerprint density at radius 1 is 1.33 bits per heavy atom. The lowest BCUT2D eigenvalue weighted by Crippen LogP contribution is -2.18. The molecule has 3 heteroatoms. The molecule has 1 aliphatic heterocycles. The van der Waals surface area contributed by atoms with E-state index in [1.165, 1.54) is 30.5 Å². The van der Waals surface area contributed by atoms with Gasteiger partial charge in [0.05, 0.1) is 0 Å². The Morgan fingerprint density at radius 2 is 2.13 bits per heavy atom. The second-order valence-corrected chi connectivity index (χ2v) is 5.96. The van der Waals surface area contributed by atoms with Crippen molar-refractivity contribution in [2.24, 2.45) is 5.92 Å². The van der Waals surface area contributed by atoms with E-state index in [9.17, 15) is 0 Å². The minimum atomic E-state index is 0.915. The van der Waals surface area contributed by atoms with Gasteiger partial charge in [-0.05, 0) is 42.0 Å². The molecule has 3 rings (SSSR count). The molecule has 0 N–H and O–H groups in total. The molecule has 1 aliphatic carbocycles. The van der Waals surface area contributed by atoms with Crippen molar-refractivity contribution >= 4 is 27.5 Å². The summed E-state index contributed by atoms with van der Waals surface area (Å²) >= 11 is 9.73. The molecule has 1 heterocycles. The van der Waals surface area contributed by atoms with E-state index in [0.717, 1.165) is 28.5 Å². The van der Waals surface area contributed by atoms with Crippen LogP contribution in [-0.4, -0.2) is 11.4 Å². The highest BCUT2D eigenvalue weighted by atomic mass is 79.9. The first-order valence-electron chi connectivity index (χ1n) is 5.41. The summed E-state index contributed by atoms with van der Waals surface area (Å²) in [5.74, 6) is 0.960. The van der Waals surface area contributed by atoms with Gasteiger partial charge >= 0.3 is 0 Å². The van der Waals surface area contributed by atoms with Crippen LogP contribution in [0.2, 0.25) is 5.02 Å². The fourth-order valence-corrected chi connectivity index (χ4v) is 3.23. The van der Waals surface area contributed by atoms with Crippen LogP contribution in [0.1, 0.15) is 24.0 Å². The van der Waals surface area contributed by atoms with Crippen molar-refractivity contribution in [1.29, 1.82) is 0 Å². The quantitative estimate of drug-likeness (QED) is 0.799. The van der Waals surface area contributed by atoms with Gasteiger partial charge < -0.3 is 0 Å². The Hall–Kier alpha value is -0.0500. The molecule has 15 heavy (non-hydrogen) atoms. The van der Waals surface area contributed by atoms with E-state index in [0.29, 0.717) is 0 Å². The number of hydrogen-bond acceptors (Lipinski definition) is 1. The van der Waals surface area contributed by atoms with E-state index in [1.54, 1.807) is 0 Å². The van der Waals surface area contributed by atoms with Crippen LogP contribution in [0.25, 0.3) is 0 Å². The Labute approximate surface area is 104 Å². The van der Waals surface area contributed by atoms with Crippen LogP contribution >= 0.6 is 27.5 Å². The predicted molar refractivity (Wildman–Crippen MR) is 66.0 cm³/mol. The maximum absolute atomic E-state index is 6.24. The molecule has 0 saturated heterocycles. The number of nitrogens with zero attached hydrogens (tertiary/aromatic N) is 1. The van der Waals surface area contributed by atoms with Crippen LogP contribution in [0.15, 0.2) is 16.6 Å². The second-order valence-electron chi connectivity index (χ2n) is 4.64. The topological polar surface area (TPSA) is 3.24 Å². The molecule has 1 fully saturated rings. The normalized spacial score (nSPS) is 20.7. The number of fused-ring (bicyclic) bond motifs is 1. The summed E-state index contributed by atoms with van der Waals surface area (Å²) in [5, 5.41) is 0.915. The van der Waals surface area contributed by atoms with Crippen LogP contribution in [0, 0.1) is 5.92 Å². The molecular weight excluding hydrogens is 273 g/mol. The van der Waals surface area contributed by atoms with E-state index >= 15 is 0 Å². The third kappa shape index (κ3) is 2.08. The first-order valence-corrected chi connectivity index (χ1v) is 6.58. The molecule has 0 bridgehead atoms. The number of rotatable bonds is 2. The fraction of sp³-hybridized carbons (Fsp3) is 0.500. The Bertz CT molecular complexity index is 401. The van der Waals surface area contributed by atoms with Gasteiger partial charge in [-0.3, -0.25) is 4.90 Å². The SMILES string of the molecule is Clc1cc(Br)cc2c1CN(CC1CC1)C2. The van der Waals surface area contributed by atoms with Gasteiger partial charge in [0.25, 0.3) is 0 Å². The van der Waals surface area contributed by atoms with E-state index in [-0.39, 0.29) is 0 Å². The lowest BCUT2D eigenvalue weighted by Gasteiger charge is -2.13. The summed E-state index contributed by atoms with van der Waals surface area (Å²) in [4.78, 5) is 2.51. The van der Waals surface area contributed by atoms with Crippen LogP contribution in [-0.2, 0) is 13.1 Å². The molecule has 1 aromatic rings. The third-order valence-electron chi connectivity index (χ3n) is 3.24. The standard InChI is InChI=1S/C12H13BrClN/c13-10-3-9-6-15(5-8-1-2-8)7-11(9)12(14)4-10/h3-4,8H,1-2,5-7H2. The van der Waals surface area contributed by atoms with E-state index in [4.69, 9.17) is 11.6 Å². The molecule has 0 radical (unpaired) electrons. The minimum Gasteiger partial charge on any atom is -0.294 e. The molecule has 0 amide bonds. The Kier molecular flexibility index (Phi) is 2.54. The zero-order chi connectivity index (χ0) is 10.4. The van der Waals surface area contributed by atoms with Gasteiger partial charge in [-0.2, -0.15) is 0 Å². The van der Waals surface area contributed by atoms with Crippen molar-refractivity contribution in [2.45, 2.75) is 25.9 Å². The summed E-state index contributed by atoms with van der Waals surface area (Å²) in [6.07, 6.45) is 2.84. The first-order chi connectivity index (χ1) is 7.22. The Balaban J connectivity index is 1.82. The average Bonchev–Trinajstić information content (AvgIpc) is 2.85. The molecule has 0 unspecified atom stereocenters. The minimum absolute atomic E-state index is 0.915. The van der Waals surface area contributed by atoms with Crippen molar-refractivity contribution in [3.63, 3.8) is 0 Å². The maximum Gasteiger partial charge on any atom is 0.0465 e. The molecule has 1 nitrogen and oxygen atoms in total. The highest BCUT2D eigenvalue weighted by Gasteiger charge is 2.28. The number of benzene rings is 1. The largest absolute Gasteiger partial charge is 0.294 e. The van der Waals surface area contributed by atoms with Gasteiger partial charge in [0.15, 0.2) is 0 Å². The second kappa shape index (κ2) is 3.76. The van der Waals surface area contributed by atoms with E-state index in [2.05, 4.69) is 26.9 Å². The summed E-state index contributed by atoms with van der Waals surface area (Å²) in [5.41, 5.74) is 2.73. The lowest BCUT2D eigenvalue weighted by molar-refractivity contribution is 0.272. The van der Waals surface area contributed by atoms with Crippen LogP contribution in [0.4, 0.5) is 0 Å². The van der Waals surface area contributed by atoms with Gasteiger partial charge in [-0.1, -0.05) is 27.5 Å². The third-order valence-corrected chi connectivity index (χ3v) is 4.04. The molecule has 0 aromatic heterocycles. The molecule has 2 aliphatic rings. The summed E-state index contributed by atoms with van der Waals surface area (Å²) < 4.78 is 1.10. The number of hydrogen-bond donors (Lipinski definition) is 0. The van der Waals surface area contributed by atoms with E-state index in [1.807, 2.05) is 6.07 Å². The summed E-state index contributed by atoms with van der Waals surface area (Å²) in [6, 6.07) is 4.20. The average molecular weight is 287 g/mol. The maximum atomic E-state index is 6.24. The zero-order valence-electron chi connectivity index (χ0n) is 8.47. The van der Waals surface area contributed by atoms with E-state index < -0.39 is 0 Å². The van der Waals surface area contributed by atoms with Crippen molar-refractivity contribution in [3.8, 4) is 0 Å². The molecule has 0 atom stereocenters. The van der Waals surface area contributed by atoms with Crippen molar-refractivity contribution in [1.82, 2.24) is 4.90 Å². The van der Waals surface area contributed by atoms with Crippen molar-refractivity contribution < 1.29 is 0 Å². The van der Waals surface area contributed by atoms with Crippen LogP contribution in [0.5, 0.6) is 0 Å². The smallest absolute Gasteiger partial charge is 0.0465 e. The highest BCUT2D eigenvalue weighted by Crippen LogP contribution is 2.36. The van der Waals surface area contributed by atoms with Gasteiger partial charge in [0.1, 0.15) is 0 Å². The van der Waals surface area contributed by atoms with Gasteiger partial charge in [-0.15, -0.1) is 0 Å². The summed E-state index contributed by atoms with van der Waals surface area (Å²) in [6.45, 7) is 3.37. The molecule has 80 valence electrons. The Morgan fingerprint density at radius 3 is 2.87 bits per heavy atom. The lowest BCUT2D eigenvalue weighted by atomic mass is 10.1. The number of halogens is 2. The highest BCUT2D eigenvalue weighted by molar-refractivity contribution is 9.10. The summed E-state index contributed by atoms with van der Waals surface area (Å²) in [7, 11) is 0. The molecule has 0 spiro atoms. The molecule has 1 saturated carbocycles. The van der Waals surface area contributed by atoms with Gasteiger partial charge in [0, 0.05) is 29.1 Å². The fourth-order valence-electron chi connectivity index (χ4n) is 2.29. The monoisotopic (exact) mass is 285 g/mol. The van der Waals surface area contributed by atoms with Crippen LogP contribution in [0.3, 0.4) is 0 Å². The van der Waals surface area contributed by atoms with Crippen LogP contribution < -0.4 is 0 Å². The van der Waals surface area contributed by atoms with Gasteiger partial charge in [-0.25, -0.2) is 0 Å². The first kappa shape index (κ1) is 10.1. The van der Waals surface area contributed by atoms with Gasteiger partial charge in [0.2, 0.25) is 0 Å². The molecule has 1 aromatic carbocycles.